The molecule has 2 aromatic carbocycles. The lowest BCUT2D eigenvalue weighted by Gasteiger charge is -2.26. The van der Waals surface area contributed by atoms with E-state index in [4.69, 9.17) is 19.5 Å². The molecule has 0 N–H and O–H groups in total. The van der Waals surface area contributed by atoms with Crippen molar-refractivity contribution in [1.82, 2.24) is 4.57 Å². The molecule has 0 fully saturated rings. The Morgan fingerprint density at radius 1 is 1.26 bits per heavy atom. The highest BCUT2D eigenvalue weighted by molar-refractivity contribution is 9.10. The zero-order chi connectivity index (χ0) is 27.4. The molecule has 0 unspecified atom stereocenters. The molecule has 0 bridgehead atoms. The van der Waals surface area contributed by atoms with Crippen LogP contribution in [0, 0.1) is 11.3 Å². The van der Waals surface area contributed by atoms with Crippen LogP contribution in [0.15, 0.2) is 68.0 Å². The number of nitriles is 1. The van der Waals surface area contributed by atoms with Crippen molar-refractivity contribution in [3.8, 4) is 17.6 Å². The molecule has 0 spiro atoms. The topological polar surface area (TPSA) is 103 Å². The van der Waals surface area contributed by atoms with Gasteiger partial charge in [-0.1, -0.05) is 45.5 Å². The summed E-state index contributed by atoms with van der Waals surface area (Å²) in [5.74, 6) is 0.500. The van der Waals surface area contributed by atoms with Gasteiger partial charge in [0, 0.05) is 15.6 Å². The Kier molecular flexibility index (Phi) is 8.49. The molecule has 0 radical (unpaired) electrons. The van der Waals surface area contributed by atoms with Crippen LogP contribution in [0.3, 0.4) is 0 Å². The van der Waals surface area contributed by atoms with E-state index in [-0.39, 0.29) is 30.5 Å². The number of fused-ring (bicyclic) bond motifs is 1. The number of hydrogen-bond donors (Lipinski definition) is 0. The summed E-state index contributed by atoms with van der Waals surface area (Å²) < 4.78 is 19.7. The first-order chi connectivity index (χ1) is 18.2. The molecular formula is C28H26BrN3O5S. The van der Waals surface area contributed by atoms with Gasteiger partial charge in [0.05, 0.1) is 28.5 Å². The van der Waals surface area contributed by atoms with E-state index in [1.807, 2.05) is 50.2 Å². The number of esters is 1. The first kappa shape index (κ1) is 27.4. The molecule has 0 amide bonds. The molecular weight excluding hydrogens is 570 g/mol. The molecule has 1 aliphatic heterocycles. The summed E-state index contributed by atoms with van der Waals surface area (Å²) in [6.45, 7) is 7.37. The number of carbonyl (C=O) groups is 1. The number of rotatable bonds is 8. The second-order valence-corrected chi connectivity index (χ2v) is 10.6. The Balaban J connectivity index is 1.98. The molecule has 196 valence electrons. The lowest BCUT2D eigenvalue weighted by molar-refractivity contribution is -0.139. The molecule has 1 aromatic heterocycles. The van der Waals surface area contributed by atoms with Gasteiger partial charge in [0.15, 0.2) is 11.4 Å². The van der Waals surface area contributed by atoms with E-state index in [2.05, 4.69) is 20.9 Å². The van der Waals surface area contributed by atoms with Gasteiger partial charge in [0.25, 0.3) is 5.56 Å². The van der Waals surface area contributed by atoms with Crippen molar-refractivity contribution in [3.05, 3.63) is 89.0 Å². The Bertz CT molecular complexity index is 1630. The fourth-order valence-electron chi connectivity index (χ4n) is 4.17. The molecule has 8 nitrogen and oxygen atoms in total. The molecule has 0 saturated heterocycles. The van der Waals surface area contributed by atoms with Crippen molar-refractivity contribution >= 4 is 39.3 Å². The van der Waals surface area contributed by atoms with Crippen LogP contribution in [0.4, 0.5) is 0 Å². The van der Waals surface area contributed by atoms with Crippen LogP contribution in [0.1, 0.15) is 44.9 Å². The largest absolute Gasteiger partial charge is 0.491 e. The molecule has 0 aliphatic carbocycles. The number of allylic oxidation sites excluding steroid dienone is 1. The summed E-state index contributed by atoms with van der Waals surface area (Å²) in [4.78, 5) is 32.2. The van der Waals surface area contributed by atoms with Crippen LogP contribution < -0.4 is 24.4 Å². The standard InChI is InChI=1S/C28H26BrN3O5S/c1-5-35-27(34)24-17(4)31-28-32(25(24)20-8-6-7-9-22(20)37-16(2)3)26(33)23(38-28)15-18-14-19(29)10-11-21(18)36-13-12-30/h6-11,14-16,25H,5,13H2,1-4H3/b23-15+/t25-/m1/s1. The highest BCUT2D eigenvalue weighted by Gasteiger charge is 2.35. The molecule has 3 aromatic rings. The minimum atomic E-state index is -0.792. The quantitative estimate of drug-likeness (QED) is 0.361. The summed E-state index contributed by atoms with van der Waals surface area (Å²) >= 11 is 4.67. The Hall–Kier alpha value is -3.68. The van der Waals surface area contributed by atoms with Gasteiger partial charge < -0.3 is 14.2 Å². The van der Waals surface area contributed by atoms with Crippen molar-refractivity contribution in [3.63, 3.8) is 0 Å². The fraction of sp³-hybridized carbons (Fsp3) is 0.286. The number of halogens is 1. The number of carbonyl (C=O) groups excluding carboxylic acids is 1. The number of para-hydroxylation sites is 1. The van der Waals surface area contributed by atoms with Crippen LogP contribution >= 0.6 is 27.3 Å². The van der Waals surface area contributed by atoms with Crippen LogP contribution in [-0.4, -0.2) is 29.9 Å². The van der Waals surface area contributed by atoms with Crippen molar-refractivity contribution in [1.29, 1.82) is 5.26 Å². The third kappa shape index (κ3) is 5.59. The molecule has 38 heavy (non-hydrogen) atoms. The van der Waals surface area contributed by atoms with Crippen molar-refractivity contribution in [2.75, 3.05) is 13.2 Å². The molecule has 1 aliphatic rings. The fourth-order valence-corrected chi connectivity index (χ4v) is 5.58. The van der Waals surface area contributed by atoms with Gasteiger partial charge in [-0.25, -0.2) is 9.79 Å². The summed E-state index contributed by atoms with van der Waals surface area (Å²) in [5, 5.41) is 8.95. The Morgan fingerprint density at radius 2 is 2.03 bits per heavy atom. The van der Waals surface area contributed by atoms with Gasteiger partial charge in [0.1, 0.15) is 23.6 Å². The normalized spacial score (nSPS) is 15.1. The van der Waals surface area contributed by atoms with Gasteiger partial charge in [-0.2, -0.15) is 5.26 Å². The lowest BCUT2D eigenvalue weighted by atomic mass is 9.95. The van der Waals surface area contributed by atoms with E-state index < -0.39 is 12.0 Å². The van der Waals surface area contributed by atoms with Gasteiger partial charge >= 0.3 is 5.97 Å². The molecule has 4 rings (SSSR count). The second kappa shape index (κ2) is 11.8. The first-order valence-corrected chi connectivity index (χ1v) is 13.6. The maximum absolute atomic E-state index is 13.9. The van der Waals surface area contributed by atoms with Crippen LogP contribution in [0.2, 0.25) is 0 Å². The maximum Gasteiger partial charge on any atom is 0.338 e. The van der Waals surface area contributed by atoms with Crippen molar-refractivity contribution in [2.45, 2.75) is 39.8 Å². The molecule has 10 heteroatoms. The predicted octanol–water partition coefficient (Wildman–Crippen LogP) is 4.25. The van der Waals surface area contributed by atoms with Crippen LogP contribution in [0.5, 0.6) is 11.5 Å². The zero-order valence-corrected chi connectivity index (χ0v) is 23.8. The molecule has 2 heterocycles. The third-order valence-electron chi connectivity index (χ3n) is 5.64. The van der Waals surface area contributed by atoms with Gasteiger partial charge in [-0.15, -0.1) is 0 Å². The number of thiazole rings is 1. The molecule has 0 saturated carbocycles. The van der Waals surface area contributed by atoms with Crippen molar-refractivity contribution in [2.24, 2.45) is 4.99 Å². The Labute approximate surface area is 232 Å². The van der Waals surface area contributed by atoms with Crippen LogP contribution in [0.25, 0.3) is 6.08 Å². The second-order valence-electron chi connectivity index (χ2n) is 8.64. The number of benzene rings is 2. The molecule has 1 atom stereocenters. The van der Waals surface area contributed by atoms with Gasteiger partial charge in [-0.05, 0) is 58.0 Å². The predicted molar refractivity (Wildman–Crippen MR) is 148 cm³/mol. The summed E-state index contributed by atoms with van der Waals surface area (Å²) in [6, 6.07) is 13.9. The zero-order valence-electron chi connectivity index (χ0n) is 21.4. The van der Waals surface area contributed by atoms with E-state index in [0.717, 1.165) is 4.47 Å². The lowest BCUT2D eigenvalue weighted by Crippen LogP contribution is -2.40. The van der Waals surface area contributed by atoms with Crippen molar-refractivity contribution < 1.29 is 19.0 Å². The van der Waals surface area contributed by atoms with E-state index in [0.29, 0.717) is 37.7 Å². The smallest absolute Gasteiger partial charge is 0.338 e. The van der Waals surface area contributed by atoms with E-state index in [1.54, 1.807) is 32.1 Å². The number of aromatic nitrogens is 1. The van der Waals surface area contributed by atoms with Gasteiger partial charge in [0.2, 0.25) is 0 Å². The number of nitrogens with zero attached hydrogens (tertiary/aromatic N) is 3. The first-order valence-electron chi connectivity index (χ1n) is 12.0. The third-order valence-corrected chi connectivity index (χ3v) is 7.12. The summed E-state index contributed by atoms with van der Waals surface area (Å²) in [7, 11) is 0. The summed E-state index contributed by atoms with van der Waals surface area (Å²) in [5.41, 5.74) is 1.72. The minimum Gasteiger partial charge on any atom is -0.491 e. The maximum atomic E-state index is 13.9. The summed E-state index contributed by atoms with van der Waals surface area (Å²) in [6.07, 6.45) is 1.59. The number of hydrogen-bond acceptors (Lipinski definition) is 8. The van der Waals surface area contributed by atoms with E-state index >= 15 is 0 Å². The monoisotopic (exact) mass is 595 g/mol. The van der Waals surface area contributed by atoms with E-state index in [9.17, 15) is 9.59 Å². The average Bonchev–Trinajstić information content (AvgIpc) is 3.17. The van der Waals surface area contributed by atoms with Crippen LogP contribution in [-0.2, 0) is 9.53 Å². The van der Waals surface area contributed by atoms with E-state index in [1.165, 1.54) is 15.9 Å². The highest BCUT2D eigenvalue weighted by atomic mass is 79.9. The van der Waals surface area contributed by atoms with Gasteiger partial charge in [-0.3, -0.25) is 9.36 Å². The highest BCUT2D eigenvalue weighted by Crippen LogP contribution is 2.36. The minimum absolute atomic E-state index is 0.119. The number of ether oxygens (including phenoxy) is 3. The Morgan fingerprint density at radius 3 is 2.74 bits per heavy atom. The SMILES string of the molecule is CCOC(=O)C1=C(C)N=c2s/c(=C/c3cc(Br)ccc3OCC#N)c(=O)n2[C@@H]1c1ccccc1OC(C)C. The average molecular weight is 597 g/mol.